The maximum absolute atomic E-state index is 12.4. The summed E-state index contributed by atoms with van der Waals surface area (Å²) in [6.45, 7) is 0.429. The molecule has 6 heteroatoms. The monoisotopic (exact) mass is 333 g/mol. The quantitative estimate of drug-likeness (QED) is 0.874. The van der Waals surface area contributed by atoms with E-state index in [-0.39, 0.29) is 11.0 Å². The van der Waals surface area contributed by atoms with Crippen LogP contribution in [0.3, 0.4) is 0 Å². The predicted molar refractivity (Wildman–Crippen MR) is 88.8 cm³/mol. The minimum Gasteiger partial charge on any atom is -0.487 e. The summed E-state index contributed by atoms with van der Waals surface area (Å²) in [6.07, 6.45) is 0. The number of hydrogen-bond donors (Lipinski definition) is 1. The predicted octanol–water partition coefficient (Wildman–Crippen LogP) is 3.21. The molecule has 1 N–H and O–H groups in total. The van der Waals surface area contributed by atoms with Crippen LogP contribution in [0.15, 0.2) is 47.4 Å². The smallest absolute Gasteiger partial charge is 0.179 e. The molecule has 4 rings (SSSR count). The molecule has 0 radical (unpaired) electrons. The zero-order valence-electron chi connectivity index (χ0n) is 11.8. The van der Waals surface area contributed by atoms with E-state index in [1.54, 1.807) is 30.0 Å². The van der Waals surface area contributed by atoms with Gasteiger partial charge >= 0.3 is 0 Å². The summed E-state index contributed by atoms with van der Waals surface area (Å²) in [5.41, 5.74) is 2.84. The number of para-hydroxylation sites is 1. The first kappa shape index (κ1) is 14.0. The van der Waals surface area contributed by atoms with Gasteiger partial charge in [0.1, 0.15) is 12.4 Å². The van der Waals surface area contributed by atoms with Crippen molar-refractivity contribution in [3.8, 4) is 5.75 Å². The Morgan fingerprint density at radius 2 is 2.00 bits per heavy atom. The molecule has 0 spiro atoms. The normalized spacial score (nSPS) is 19.2. The summed E-state index contributed by atoms with van der Waals surface area (Å²) in [4.78, 5) is 0.339. The van der Waals surface area contributed by atoms with E-state index >= 15 is 0 Å². The summed E-state index contributed by atoms with van der Waals surface area (Å²) in [5, 5.41) is 3.57. The first-order valence-corrected chi connectivity index (χ1v) is 9.78. The Kier molecular flexibility index (Phi) is 3.31. The lowest BCUT2D eigenvalue weighted by atomic mass is 10.2. The molecular formula is C16H15NO3S2. The van der Waals surface area contributed by atoms with Gasteiger partial charge in [-0.3, -0.25) is 0 Å². The van der Waals surface area contributed by atoms with Gasteiger partial charge in [-0.2, -0.15) is 11.8 Å². The first-order valence-electron chi connectivity index (χ1n) is 7.08. The van der Waals surface area contributed by atoms with Crippen molar-refractivity contribution in [1.82, 2.24) is 0 Å². The highest BCUT2D eigenvalue weighted by Crippen LogP contribution is 2.37. The minimum atomic E-state index is -3.24. The van der Waals surface area contributed by atoms with Crippen LogP contribution in [0.2, 0.25) is 0 Å². The van der Waals surface area contributed by atoms with E-state index in [1.165, 1.54) is 0 Å². The van der Waals surface area contributed by atoms with Gasteiger partial charge in [-0.15, -0.1) is 0 Å². The van der Waals surface area contributed by atoms with Gasteiger partial charge in [-0.05, 0) is 18.2 Å². The van der Waals surface area contributed by atoms with Crippen molar-refractivity contribution >= 4 is 33.0 Å². The van der Waals surface area contributed by atoms with E-state index < -0.39 is 9.84 Å². The standard InChI is InChI=1S/C16H15NO3S2/c18-22(19,10-12-9-21-12)13-5-6-15-16(7-13)20-8-11-3-1-2-4-14(11)17-15/h1-7,12,17H,8-10H2. The fourth-order valence-corrected chi connectivity index (χ4v) is 5.18. The number of fused-ring (bicyclic) bond motifs is 2. The lowest BCUT2D eigenvalue weighted by Crippen LogP contribution is -2.11. The summed E-state index contributed by atoms with van der Waals surface area (Å²) >= 11 is 1.69. The summed E-state index contributed by atoms with van der Waals surface area (Å²) in [6, 6.07) is 13.0. The number of sulfone groups is 1. The van der Waals surface area contributed by atoms with Crippen LogP contribution >= 0.6 is 11.8 Å². The molecule has 22 heavy (non-hydrogen) atoms. The zero-order chi connectivity index (χ0) is 15.2. The Balaban J connectivity index is 1.68. The van der Waals surface area contributed by atoms with Crippen molar-refractivity contribution in [3.63, 3.8) is 0 Å². The van der Waals surface area contributed by atoms with Crippen LogP contribution in [0, 0.1) is 0 Å². The molecule has 4 nitrogen and oxygen atoms in total. The maximum Gasteiger partial charge on any atom is 0.179 e. The average molecular weight is 333 g/mol. The fraction of sp³-hybridized carbons (Fsp3) is 0.250. The van der Waals surface area contributed by atoms with Gasteiger partial charge in [0.25, 0.3) is 0 Å². The Hall–Kier alpha value is -1.66. The third-order valence-corrected chi connectivity index (χ3v) is 6.79. The molecule has 2 heterocycles. The topological polar surface area (TPSA) is 55.4 Å². The van der Waals surface area contributed by atoms with Crippen molar-refractivity contribution in [3.05, 3.63) is 48.0 Å². The minimum absolute atomic E-state index is 0.212. The molecule has 0 saturated carbocycles. The summed E-state index contributed by atoms with van der Waals surface area (Å²) in [5.74, 6) is 1.74. The van der Waals surface area contributed by atoms with Crippen molar-refractivity contribution in [2.24, 2.45) is 0 Å². The highest BCUT2D eigenvalue weighted by atomic mass is 32.2. The number of hydrogen-bond acceptors (Lipinski definition) is 5. The molecule has 1 unspecified atom stereocenters. The van der Waals surface area contributed by atoms with E-state index in [0.717, 1.165) is 22.7 Å². The molecule has 1 saturated heterocycles. The first-order chi connectivity index (χ1) is 10.6. The molecule has 1 fully saturated rings. The van der Waals surface area contributed by atoms with Gasteiger partial charge in [-0.25, -0.2) is 8.42 Å². The number of nitrogens with one attached hydrogen (secondary N) is 1. The van der Waals surface area contributed by atoms with Crippen molar-refractivity contribution in [1.29, 1.82) is 0 Å². The molecule has 114 valence electrons. The van der Waals surface area contributed by atoms with Crippen molar-refractivity contribution in [2.45, 2.75) is 16.8 Å². The van der Waals surface area contributed by atoms with Crippen LogP contribution in [-0.2, 0) is 16.4 Å². The Bertz CT molecular complexity index is 829. The van der Waals surface area contributed by atoms with Gasteiger partial charge in [0, 0.05) is 28.3 Å². The molecule has 0 aliphatic carbocycles. The second-order valence-corrected chi connectivity index (χ2v) is 8.83. The van der Waals surface area contributed by atoms with Crippen LogP contribution in [-0.4, -0.2) is 25.2 Å². The third-order valence-electron chi connectivity index (χ3n) is 3.79. The van der Waals surface area contributed by atoms with Gasteiger partial charge < -0.3 is 10.1 Å². The second kappa shape index (κ2) is 5.21. The van der Waals surface area contributed by atoms with E-state index in [2.05, 4.69) is 5.32 Å². The van der Waals surface area contributed by atoms with Crippen LogP contribution in [0.5, 0.6) is 5.75 Å². The van der Waals surface area contributed by atoms with Crippen molar-refractivity contribution in [2.75, 3.05) is 16.8 Å². The molecular weight excluding hydrogens is 318 g/mol. The van der Waals surface area contributed by atoms with Gasteiger partial charge in [-0.1, -0.05) is 18.2 Å². The van der Waals surface area contributed by atoms with E-state index in [4.69, 9.17) is 4.74 Å². The number of thioether (sulfide) groups is 1. The van der Waals surface area contributed by atoms with Gasteiger partial charge in [0.15, 0.2) is 9.84 Å². The molecule has 0 bridgehead atoms. The highest BCUT2D eigenvalue weighted by molar-refractivity contribution is 8.08. The summed E-state index contributed by atoms with van der Waals surface area (Å²) < 4.78 is 30.6. The largest absolute Gasteiger partial charge is 0.487 e. The third kappa shape index (κ3) is 2.68. The molecule has 0 amide bonds. The number of anilines is 2. The molecule has 2 aliphatic rings. The molecule has 2 aromatic carbocycles. The van der Waals surface area contributed by atoms with Gasteiger partial charge in [0.05, 0.1) is 16.3 Å². The second-order valence-electron chi connectivity index (χ2n) is 5.47. The Morgan fingerprint density at radius 1 is 1.18 bits per heavy atom. The van der Waals surface area contributed by atoms with Crippen LogP contribution < -0.4 is 10.1 Å². The molecule has 0 aromatic heterocycles. The molecule has 2 aliphatic heterocycles. The van der Waals surface area contributed by atoms with Crippen LogP contribution in [0.1, 0.15) is 5.56 Å². The van der Waals surface area contributed by atoms with Crippen molar-refractivity contribution < 1.29 is 13.2 Å². The lowest BCUT2D eigenvalue weighted by molar-refractivity contribution is 0.310. The molecule has 2 aromatic rings. The van der Waals surface area contributed by atoms with Gasteiger partial charge in [0.2, 0.25) is 0 Å². The van der Waals surface area contributed by atoms with Crippen LogP contribution in [0.4, 0.5) is 11.4 Å². The number of rotatable bonds is 3. The number of benzene rings is 2. The highest BCUT2D eigenvalue weighted by Gasteiger charge is 2.30. The Morgan fingerprint density at radius 3 is 2.82 bits per heavy atom. The zero-order valence-corrected chi connectivity index (χ0v) is 13.4. The maximum atomic E-state index is 12.4. The van der Waals surface area contributed by atoms with Crippen LogP contribution in [0.25, 0.3) is 0 Å². The molecule has 1 atom stereocenters. The SMILES string of the molecule is O=S(=O)(CC1CS1)c1ccc2c(c1)OCc1ccccc1N2. The average Bonchev–Trinajstić information content (AvgIpc) is 3.31. The van der Waals surface area contributed by atoms with E-state index in [1.807, 2.05) is 24.3 Å². The van der Waals surface area contributed by atoms with E-state index in [0.29, 0.717) is 17.3 Å². The Labute approximate surface area is 133 Å². The number of ether oxygens (including phenoxy) is 1. The van der Waals surface area contributed by atoms with E-state index in [9.17, 15) is 8.42 Å². The summed E-state index contributed by atoms with van der Waals surface area (Å²) in [7, 11) is -3.24. The lowest BCUT2D eigenvalue weighted by Gasteiger charge is -2.10. The fourth-order valence-electron chi connectivity index (χ4n) is 2.49.